The summed E-state index contributed by atoms with van der Waals surface area (Å²) < 4.78 is 16.2. The number of rotatable bonds is 8. The standard InChI is InChI=1S/C29H29N3O5/c1-35-15-14-32-27(22-17-30-23-11-7-6-8-19(22)23)26(20-9-4-5-10-21(20)29(32)34)28(33)31-24-13-12-18(36-2)16-25(24)37-3/h4-13,16-17,26-27,30H,14-15H2,1-3H3,(H,31,33)/t26-,27-/m1/s1. The van der Waals surface area contributed by atoms with E-state index in [0.29, 0.717) is 41.5 Å². The number of nitrogens with one attached hydrogen (secondary N) is 2. The van der Waals surface area contributed by atoms with Gasteiger partial charge in [-0.1, -0.05) is 36.4 Å². The Morgan fingerprint density at radius 2 is 1.76 bits per heavy atom. The van der Waals surface area contributed by atoms with Gasteiger partial charge in [-0.25, -0.2) is 0 Å². The molecule has 0 bridgehead atoms. The second-order valence-corrected chi connectivity index (χ2v) is 8.85. The van der Waals surface area contributed by atoms with Crippen molar-refractivity contribution in [2.24, 2.45) is 0 Å². The number of hydrogen-bond donors (Lipinski definition) is 2. The number of methoxy groups -OCH3 is 3. The van der Waals surface area contributed by atoms with Gasteiger partial charge in [0.25, 0.3) is 5.91 Å². The fourth-order valence-corrected chi connectivity index (χ4v) is 5.11. The SMILES string of the molecule is COCCN1C(=O)c2ccccc2[C@@H](C(=O)Nc2ccc(OC)cc2OC)[C@H]1c1c[nH]c2ccccc12. The van der Waals surface area contributed by atoms with Crippen molar-refractivity contribution in [2.45, 2.75) is 12.0 Å². The molecule has 3 aromatic carbocycles. The largest absolute Gasteiger partial charge is 0.497 e. The summed E-state index contributed by atoms with van der Waals surface area (Å²) in [7, 11) is 4.72. The minimum absolute atomic E-state index is 0.131. The molecule has 2 amide bonds. The summed E-state index contributed by atoms with van der Waals surface area (Å²) in [6.45, 7) is 0.677. The third kappa shape index (κ3) is 4.40. The van der Waals surface area contributed by atoms with Crippen LogP contribution >= 0.6 is 0 Å². The van der Waals surface area contributed by atoms with Crippen LogP contribution in [0.15, 0.2) is 72.9 Å². The van der Waals surface area contributed by atoms with Crippen LogP contribution in [-0.2, 0) is 9.53 Å². The lowest BCUT2D eigenvalue weighted by Crippen LogP contribution is -2.47. The molecule has 4 aromatic rings. The zero-order chi connectivity index (χ0) is 25.9. The highest BCUT2D eigenvalue weighted by atomic mass is 16.5. The van der Waals surface area contributed by atoms with Crippen LogP contribution in [0.2, 0.25) is 0 Å². The van der Waals surface area contributed by atoms with Crippen LogP contribution in [0.4, 0.5) is 5.69 Å². The van der Waals surface area contributed by atoms with E-state index >= 15 is 0 Å². The fourth-order valence-electron chi connectivity index (χ4n) is 5.11. The van der Waals surface area contributed by atoms with E-state index in [-0.39, 0.29) is 11.8 Å². The molecule has 0 spiro atoms. The Morgan fingerprint density at radius 1 is 0.973 bits per heavy atom. The highest BCUT2D eigenvalue weighted by Gasteiger charge is 2.45. The first-order valence-corrected chi connectivity index (χ1v) is 12.0. The average Bonchev–Trinajstić information content (AvgIpc) is 3.36. The van der Waals surface area contributed by atoms with Crippen molar-refractivity contribution in [2.75, 3.05) is 39.8 Å². The average molecular weight is 500 g/mol. The summed E-state index contributed by atoms with van der Waals surface area (Å²) in [5.41, 5.74) is 3.52. The molecule has 0 fully saturated rings. The molecule has 1 aromatic heterocycles. The first kappa shape index (κ1) is 24.4. The van der Waals surface area contributed by atoms with E-state index in [2.05, 4.69) is 10.3 Å². The Hall–Kier alpha value is -4.30. The van der Waals surface area contributed by atoms with Gasteiger partial charge in [0, 0.05) is 47.9 Å². The number of carbonyl (C=O) groups excluding carboxylic acids is 2. The van der Waals surface area contributed by atoms with E-state index in [9.17, 15) is 9.59 Å². The Balaban J connectivity index is 1.65. The van der Waals surface area contributed by atoms with E-state index in [1.807, 2.05) is 48.7 Å². The number of amides is 2. The van der Waals surface area contributed by atoms with Gasteiger partial charge in [-0.05, 0) is 29.8 Å². The van der Waals surface area contributed by atoms with Crippen LogP contribution in [0.1, 0.15) is 33.4 Å². The minimum atomic E-state index is -0.684. The molecule has 2 N–H and O–H groups in total. The maximum Gasteiger partial charge on any atom is 0.254 e. The molecule has 0 saturated carbocycles. The van der Waals surface area contributed by atoms with Crippen molar-refractivity contribution in [3.05, 3.63) is 89.6 Å². The molecule has 2 heterocycles. The zero-order valence-corrected chi connectivity index (χ0v) is 21.0. The normalized spacial score (nSPS) is 16.9. The molecule has 2 atom stereocenters. The molecule has 0 radical (unpaired) electrons. The summed E-state index contributed by atoms with van der Waals surface area (Å²) in [6, 6.07) is 19.9. The predicted octanol–water partition coefficient (Wildman–Crippen LogP) is 4.75. The van der Waals surface area contributed by atoms with Gasteiger partial charge in [-0.15, -0.1) is 0 Å². The van der Waals surface area contributed by atoms with Crippen LogP contribution in [0.3, 0.4) is 0 Å². The fraction of sp³-hybridized carbons (Fsp3) is 0.241. The monoisotopic (exact) mass is 499 g/mol. The molecule has 0 aliphatic carbocycles. The van der Waals surface area contributed by atoms with E-state index in [1.165, 1.54) is 0 Å². The molecule has 5 rings (SSSR count). The van der Waals surface area contributed by atoms with Crippen molar-refractivity contribution in [1.82, 2.24) is 9.88 Å². The van der Waals surface area contributed by atoms with E-state index < -0.39 is 12.0 Å². The summed E-state index contributed by atoms with van der Waals surface area (Å²) in [5, 5.41) is 4.02. The van der Waals surface area contributed by atoms with Crippen LogP contribution in [0.25, 0.3) is 10.9 Å². The van der Waals surface area contributed by atoms with Crippen LogP contribution in [0, 0.1) is 0 Å². The molecular weight excluding hydrogens is 470 g/mol. The Bertz CT molecular complexity index is 1450. The molecule has 0 saturated heterocycles. The van der Waals surface area contributed by atoms with Crippen LogP contribution in [0.5, 0.6) is 11.5 Å². The summed E-state index contributed by atoms with van der Waals surface area (Å²) in [5.74, 6) is 0.0329. The Kier molecular flexibility index (Phi) is 6.83. The zero-order valence-electron chi connectivity index (χ0n) is 21.0. The van der Waals surface area contributed by atoms with Crippen LogP contribution < -0.4 is 14.8 Å². The molecule has 190 valence electrons. The summed E-state index contributed by atoms with van der Waals surface area (Å²) in [4.78, 5) is 33.0. The highest BCUT2D eigenvalue weighted by molar-refractivity contribution is 6.05. The van der Waals surface area contributed by atoms with E-state index in [1.54, 1.807) is 50.5 Å². The number of para-hydroxylation sites is 1. The van der Waals surface area contributed by atoms with Crippen molar-refractivity contribution in [3.8, 4) is 11.5 Å². The number of anilines is 1. The second kappa shape index (κ2) is 10.4. The molecule has 8 heteroatoms. The predicted molar refractivity (Wildman–Crippen MR) is 141 cm³/mol. The van der Waals surface area contributed by atoms with Gasteiger partial charge < -0.3 is 29.4 Å². The third-order valence-electron chi connectivity index (χ3n) is 6.86. The molecular formula is C29H29N3O5. The van der Waals surface area contributed by atoms with Gasteiger partial charge in [-0.3, -0.25) is 9.59 Å². The van der Waals surface area contributed by atoms with Gasteiger partial charge in [0.2, 0.25) is 5.91 Å². The topological polar surface area (TPSA) is 92.9 Å². The van der Waals surface area contributed by atoms with Crippen molar-refractivity contribution >= 4 is 28.4 Å². The van der Waals surface area contributed by atoms with Gasteiger partial charge in [0.1, 0.15) is 11.5 Å². The quantitative estimate of drug-likeness (QED) is 0.365. The van der Waals surface area contributed by atoms with Gasteiger partial charge in [0.05, 0.1) is 38.5 Å². The molecule has 8 nitrogen and oxygen atoms in total. The molecule has 1 aliphatic rings. The Morgan fingerprint density at radius 3 is 2.54 bits per heavy atom. The van der Waals surface area contributed by atoms with Crippen molar-refractivity contribution in [1.29, 1.82) is 0 Å². The number of carbonyl (C=O) groups is 2. The lowest BCUT2D eigenvalue weighted by Gasteiger charge is -2.41. The molecule has 0 unspecified atom stereocenters. The van der Waals surface area contributed by atoms with Gasteiger partial charge >= 0.3 is 0 Å². The summed E-state index contributed by atoms with van der Waals surface area (Å²) >= 11 is 0. The van der Waals surface area contributed by atoms with E-state index in [4.69, 9.17) is 14.2 Å². The number of aromatic amines is 1. The lowest BCUT2D eigenvalue weighted by atomic mass is 9.79. The molecule has 37 heavy (non-hydrogen) atoms. The van der Waals surface area contributed by atoms with Crippen LogP contribution in [-0.4, -0.2) is 56.2 Å². The number of H-pyrrole nitrogens is 1. The number of benzene rings is 3. The van der Waals surface area contributed by atoms with Gasteiger partial charge in [0.15, 0.2) is 0 Å². The number of fused-ring (bicyclic) bond motifs is 2. The lowest BCUT2D eigenvalue weighted by molar-refractivity contribution is -0.119. The number of aromatic nitrogens is 1. The van der Waals surface area contributed by atoms with Crippen molar-refractivity contribution in [3.63, 3.8) is 0 Å². The first-order chi connectivity index (χ1) is 18.1. The number of hydrogen-bond acceptors (Lipinski definition) is 5. The van der Waals surface area contributed by atoms with E-state index in [0.717, 1.165) is 16.5 Å². The number of nitrogens with zero attached hydrogens (tertiary/aromatic N) is 1. The van der Waals surface area contributed by atoms with Gasteiger partial charge in [-0.2, -0.15) is 0 Å². The second-order valence-electron chi connectivity index (χ2n) is 8.85. The molecule has 1 aliphatic heterocycles. The number of ether oxygens (including phenoxy) is 3. The summed E-state index contributed by atoms with van der Waals surface area (Å²) in [6.07, 6.45) is 1.89. The highest BCUT2D eigenvalue weighted by Crippen LogP contribution is 2.45. The first-order valence-electron chi connectivity index (χ1n) is 12.0. The minimum Gasteiger partial charge on any atom is -0.497 e. The smallest absolute Gasteiger partial charge is 0.254 e. The third-order valence-corrected chi connectivity index (χ3v) is 6.86. The Labute approximate surface area is 215 Å². The maximum atomic E-state index is 14.1. The van der Waals surface area contributed by atoms with Crippen molar-refractivity contribution < 1.29 is 23.8 Å². The maximum absolute atomic E-state index is 14.1.